The number of rotatable bonds is 4. The van der Waals surface area contributed by atoms with E-state index in [1.165, 1.54) is 19.2 Å². The van der Waals surface area contributed by atoms with Gasteiger partial charge in [-0.1, -0.05) is 6.07 Å². The molecule has 5 heteroatoms. The normalized spacial score (nSPS) is 16.9. The van der Waals surface area contributed by atoms with Gasteiger partial charge in [0.1, 0.15) is 11.4 Å². The van der Waals surface area contributed by atoms with Crippen LogP contribution < -0.4 is 10.2 Å². The largest absolute Gasteiger partial charge is 0.468 e. The molecule has 1 unspecified atom stereocenters. The molecular formula is C14H19FN2O2. The Morgan fingerprint density at radius 2 is 2.32 bits per heavy atom. The molecule has 1 heterocycles. The molecule has 104 valence electrons. The monoisotopic (exact) mass is 266 g/mol. The zero-order valence-electron chi connectivity index (χ0n) is 11.5. The van der Waals surface area contributed by atoms with Crippen LogP contribution in [-0.2, 0) is 16.0 Å². The maximum Gasteiger partial charge on any atom is 0.327 e. The second kappa shape index (κ2) is 5.17. The molecule has 0 bridgehead atoms. The highest BCUT2D eigenvalue weighted by Crippen LogP contribution is 2.30. The van der Waals surface area contributed by atoms with Crippen molar-refractivity contribution in [3.05, 3.63) is 29.6 Å². The van der Waals surface area contributed by atoms with Gasteiger partial charge in [0.2, 0.25) is 0 Å². The van der Waals surface area contributed by atoms with Crippen LogP contribution in [0.4, 0.5) is 10.1 Å². The fourth-order valence-electron chi connectivity index (χ4n) is 2.44. The molecule has 1 aromatic rings. The van der Waals surface area contributed by atoms with Crippen molar-refractivity contribution in [2.45, 2.75) is 18.9 Å². The van der Waals surface area contributed by atoms with E-state index in [0.717, 1.165) is 24.2 Å². The third kappa shape index (κ3) is 2.56. The molecule has 0 saturated carbocycles. The van der Waals surface area contributed by atoms with Crippen LogP contribution in [0.15, 0.2) is 18.2 Å². The number of fused-ring (bicyclic) bond motifs is 1. The molecule has 0 spiro atoms. The molecule has 1 aromatic carbocycles. The summed E-state index contributed by atoms with van der Waals surface area (Å²) in [5, 5.41) is 2.99. The molecule has 0 fully saturated rings. The number of nitrogens with zero attached hydrogens (tertiary/aromatic N) is 1. The summed E-state index contributed by atoms with van der Waals surface area (Å²) in [7, 11) is 3.09. The van der Waals surface area contributed by atoms with Crippen LogP contribution in [0, 0.1) is 5.82 Å². The zero-order chi connectivity index (χ0) is 14.0. The summed E-state index contributed by atoms with van der Waals surface area (Å²) in [6, 6.07) is 4.80. The number of benzene rings is 1. The number of nitrogens with one attached hydrogen (secondary N) is 1. The molecular weight excluding hydrogens is 247 g/mol. The number of esters is 1. The summed E-state index contributed by atoms with van der Waals surface area (Å²) < 4.78 is 18.2. The number of carbonyl (C=O) groups excluding carboxylic acids is 1. The second-order valence-electron chi connectivity index (χ2n) is 5.02. The molecule has 0 saturated heterocycles. The van der Waals surface area contributed by atoms with Gasteiger partial charge in [0.25, 0.3) is 0 Å². The van der Waals surface area contributed by atoms with Gasteiger partial charge in [-0.2, -0.15) is 0 Å². The van der Waals surface area contributed by atoms with Crippen LogP contribution in [0.5, 0.6) is 0 Å². The highest BCUT2D eigenvalue weighted by atomic mass is 19.1. The van der Waals surface area contributed by atoms with E-state index in [0.29, 0.717) is 6.54 Å². The first-order chi connectivity index (χ1) is 9.00. The average Bonchev–Trinajstić information content (AvgIpc) is 2.80. The van der Waals surface area contributed by atoms with Crippen molar-refractivity contribution in [3.63, 3.8) is 0 Å². The van der Waals surface area contributed by atoms with Gasteiger partial charge in [-0.3, -0.25) is 0 Å². The third-order valence-corrected chi connectivity index (χ3v) is 3.73. The number of ether oxygens (including phenoxy) is 1. The highest BCUT2D eigenvalue weighted by Gasteiger charge is 2.36. The first-order valence-corrected chi connectivity index (χ1v) is 6.31. The van der Waals surface area contributed by atoms with Gasteiger partial charge in [0.05, 0.1) is 7.11 Å². The number of methoxy groups -OCH3 is 1. The summed E-state index contributed by atoms with van der Waals surface area (Å²) in [5.74, 6) is -0.574. The number of hydrogen-bond donors (Lipinski definition) is 1. The Balaban J connectivity index is 2.22. The average molecular weight is 266 g/mol. The Hall–Kier alpha value is -1.62. The van der Waals surface area contributed by atoms with Gasteiger partial charge >= 0.3 is 5.97 Å². The lowest BCUT2D eigenvalue weighted by atomic mass is 10.0. The minimum absolute atomic E-state index is 0.255. The van der Waals surface area contributed by atoms with Crippen molar-refractivity contribution in [3.8, 4) is 0 Å². The van der Waals surface area contributed by atoms with Crippen molar-refractivity contribution in [1.29, 1.82) is 0 Å². The Bertz CT molecular complexity index is 492. The predicted molar refractivity (Wildman–Crippen MR) is 71.8 cm³/mol. The van der Waals surface area contributed by atoms with E-state index in [1.807, 2.05) is 4.90 Å². The topological polar surface area (TPSA) is 41.6 Å². The lowest BCUT2D eigenvalue weighted by Crippen LogP contribution is -2.56. The quantitative estimate of drug-likeness (QED) is 0.835. The fourth-order valence-corrected chi connectivity index (χ4v) is 2.44. The van der Waals surface area contributed by atoms with Crippen molar-refractivity contribution in [2.75, 3.05) is 32.1 Å². The van der Waals surface area contributed by atoms with E-state index in [4.69, 9.17) is 4.74 Å². The summed E-state index contributed by atoms with van der Waals surface area (Å²) in [5.41, 5.74) is 1.18. The first-order valence-electron chi connectivity index (χ1n) is 6.31. The molecule has 0 radical (unpaired) electrons. The number of halogens is 1. The Labute approximate surface area is 112 Å². The summed E-state index contributed by atoms with van der Waals surface area (Å²) >= 11 is 0. The van der Waals surface area contributed by atoms with Crippen molar-refractivity contribution < 1.29 is 13.9 Å². The van der Waals surface area contributed by atoms with E-state index in [1.54, 1.807) is 20.0 Å². The van der Waals surface area contributed by atoms with Gasteiger partial charge < -0.3 is 15.0 Å². The highest BCUT2D eigenvalue weighted by molar-refractivity contribution is 5.81. The Morgan fingerprint density at radius 3 is 2.95 bits per heavy atom. The number of anilines is 1. The summed E-state index contributed by atoms with van der Waals surface area (Å²) in [6.07, 6.45) is 0.872. The van der Waals surface area contributed by atoms with Crippen LogP contribution in [0.1, 0.15) is 12.5 Å². The van der Waals surface area contributed by atoms with Crippen LogP contribution in [-0.4, -0.2) is 38.8 Å². The number of likely N-dealkylation sites (N-methyl/N-ethyl adjacent to an activating group) is 1. The van der Waals surface area contributed by atoms with E-state index in [2.05, 4.69) is 5.32 Å². The van der Waals surface area contributed by atoms with Gasteiger partial charge in [-0.25, -0.2) is 9.18 Å². The van der Waals surface area contributed by atoms with Crippen LogP contribution in [0.2, 0.25) is 0 Å². The molecule has 1 aliphatic heterocycles. The smallest absolute Gasteiger partial charge is 0.327 e. The van der Waals surface area contributed by atoms with Crippen LogP contribution in [0.25, 0.3) is 0 Å². The summed E-state index contributed by atoms with van der Waals surface area (Å²) in [6.45, 7) is 3.02. The van der Waals surface area contributed by atoms with E-state index < -0.39 is 5.54 Å². The van der Waals surface area contributed by atoms with Crippen LogP contribution in [0.3, 0.4) is 0 Å². The zero-order valence-corrected chi connectivity index (χ0v) is 11.5. The molecule has 1 N–H and O–H groups in total. The lowest BCUT2D eigenvalue weighted by molar-refractivity contribution is -0.147. The maximum absolute atomic E-state index is 13.3. The van der Waals surface area contributed by atoms with Gasteiger partial charge in [-0.15, -0.1) is 0 Å². The summed E-state index contributed by atoms with van der Waals surface area (Å²) in [4.78, 5) is 13.9. The Morgan fingerprint density at radius 1 is 1.58 bits per heavy atom. The Kier molecular flexibility index (Phi) is 3.75. The van der Waals surface area contributed by atoms with E-state index >= 15 is 0 Å². The molecule has 0 aliphatic carbocycles. The van der Waals surface area contributed by atoms with Crippen molar-refractivity contribution >= 4 is 11.7 Å². The van der Waals surface area contributed by atoms with Gasteiger partial charge in [0, 0.05) is 18.8 Å². The molecule has 1 atom stereocenters. The molecule has 19 heavy (non-hydrogen) atoms. The molecule has 2 rings (SSSR count). The van der Waals surface area contributed by atoms with E-state index in [9.17, 15) is 9.18 Å². The minimum Gasteiger partial charge on any atom is -0.468 e. The molecule has 0 amide bonds. The van der Waals surface area contributed by atoms with Crippen molar-refractivity contribution in [1.82, 2.24) is 5.32 Å². The standard InChI is InChI=1S/C14H19FN2O2/c1-14(16-2,13(18)19-3)9-17-7-6-10-4-5-11(15)8-12(10)17/h4-5,8,16H,6-7,9H2,1-3H3. The second-order valence-corrected chi connectivity index (χ2v) is 5.02. The predicted octanol–water partition coefficient (Wildman–Crippen LogP) is 1.34. The first kappa shape index (κ1) is 13.8. The number of carbonyl (C=O) groups is 1. The molecule has 0 aromatic heterocycles. The third-order valence-electron chi connectivity index (χ3n) is 3.73. The molecule has 1 aliphatic rings. The van der Waals surface area contributed by atoms with Gasteiger partial charge in [0.15, 0.2) is 0 Å². The van der Waals surface area contributed by atoms with E-state index in [-0.39, 0.29) is 11.8 Å². The SMILES string of the molecule is CNC(C)(CN1CCc2ccc(F)cc21)C(=O)OC. The molecule has 4 nitrogen and oxygen atoms in total. The minimum atomic E-state index is -0.803. The van der Waals surface area contributed by atoms with Crippen molar-refractivity contribution in [2.24, 2.45) is 0 Å². The number of hydrogen-bond acceptors (Lipinski definition) is 4. The lowest BCUT2D eigenvalue weighted by Gasteiger charge is -2.32. The fraction of sp³-hybridized carbons (Fsp3) is 0.500. The van der Waals surface area contributed by atoms with Crippen LogP contribution >= 0.6 is 0 Å². The maximum atomic E-state index is 13.3. The van der Waals surface area contributed by atoms with Gasteiger partial charge in [-0.05, 0) is 38.1 Å².